The highest BCUT2D eigenvalue weighted by Gasteiger charge is 2.32. The van der Waals surface area contributed by atoms with Gasteiger partial charge in [-0.3, -0.25) is 15.0 Å². The molecular formula is C25H29N5O3. The van der Waals surface area contributed by atoms with Crippen LogP contribution in [-0.4, -0.2) is 32.4 Å². The molecule has 1 aliphatic carbocycles. The number of carboxylic acid groups (broad SMARTS) is 1. The highest BCUT2D eigenvalue weighted by atomic mass is 16.4. The molecule has 1 unspecified atom stereocenters. The fourth-order valence-corrected chi connectivity index (χ4v) is 4.70. The molecule has 1 aliphatic rings. The van der Waals surface area contributed by atoms with E-state index in [2.05, 4.69) is 5.32 Å². The van der Waals surface area contributed by atoms with E-state index >= 15 is 0 Å². The maximum Gasteiger partial charge on any atom is 0.307 e. The average molecular weight is 448 g/mol. The van der Waals surface area contributed by atoms with Gasteiger partial charge in [-0.05, 0) is 42.5 Å². The van der Waals surface area contributed by atoms with Crippen LogP contribution < -0.4 is 11.1 Å². The molecule has 1 saturated carbocycles. The molecule has 8 heteroatoms. The Hall–Kier alpha value is -3.68. The maximum absolute atomic E-state index is 12.6. The number of amides is 1. The van der Waals surface area contributed by atoms with Crippen LogP contribution in [0.3, 0.4) is 0 Å². The van der Waals surface area contributed by atoms with E-state index in [0.29, 0.717) is 17.7 Å². The van der Waals surface area contributed by atoms with Gasteiger partial charge >= 0.3 is 5.97 Å². The first-order valence-corrected chi connectivity index (χ1v) is 11.2. The Bertz CT molecular complexity index is 1190. The van der Waals surface area contributed by atoms with Crippen molar-refractivity contribution in [1.29, 1.82) is 5.41 Å². The van der Waals surface area contributed by atoms with E-state index in [1.807, 2.05) is 54.1 Å². The van der Waals surface area contributed by atoms with Crippen LogP contribution in [0.25, 0.3) is 11.0 Å². The number of carboxylic acids is 1. The van der Waals surface area contributed by atoms with Crippen LogP contribution in [0.4, 0.5) is 5.69 Å². The smallest absolute Gasteiger partial charge is 0.307 e. The monoisotopic (exact) mass is 447 g/mol. The molecule has 4 rings (SSSR count). The Morgan fingerprint density at radius 2 is 1.91 bits per heavy atom. The van der Waals surface area contributed by atoms with Crippen LogP contribution in [0.2, 0.25) is 0 Å². The zero-order chi connectivity index (χ0) is 23.5. The van der Waals surface area contributed by atoms with E-state index in [4.69, 9.17) is 16.1 Å². The third-order valence-corrected chi connectivity index (χ3v) is 6.58. The zero-order valence-corrected chi connectivity index (χ0v) is 18.7. The molecule has 0 saturated heterocycles. The van der Waals surface area contributed by atoms with Crippen LogP contribution >= 0.6 is 0 Å². The van der Waals surface area contributed by atoms with E-state index in [0.717, 1.165) is 48.1 Å². The SMILES string of the molecule is Cn1c(Cc2ccc(C(=N)N)cc2)nc2cc(NC(=O)CC(C(=O)O)C3CCCC3)ccc21. The molecule has 1 heterocycles. The molecule has 33 heavy (non-hydrogen) atoms. The number of hydrogen-bond donors (Lipinski definition) is 4. The van der Waals surface area contributed by atoms with Crippen LogP contribution in [0.15, 0.2) is 42.5 Å². The summed E-state index contributed by atoms with van der Waals surface area (Å²) in [5.74, 6) is -0.813. The normalized spacial score (nSPS) is 14.9. The first kappa shape index (κ1) is 22.5. The van der Waals surface area contributed by atoms with Crippen molar-refractivity contribution in [2.75, 3.05) is 5.32 Å². The molecule has 8 nitrogen and oxygen atoms in total. The second-order valence-electron chi connectivity index (χ2n) is 8.82. The number of nitrogens with one attached hydrogen (secondary N) is 2. The van der Waals surface area contributed by atoms with E-state index in [9.17, 15) is 14.7 Å². The van der Waals surface area contributed by atoms with Crippen molar-refractivity contribution in [2.45, 2.75) is 38.5 Å². The number of aromatic nitrogens is 2. The number of aryl methyl sites for hydroxylation is 1. The zero-order valence-electron chi connectivity index (χ0n) is 18.7. The predicted molar refractivity (Wildman–Crippen MR) is 127 cm³/mol. The number of carbonyl (C=O) groups excluding carboxylic acids is 1. The van der Waals surface area contributed by atoms with Gasteiger partial charge in [0.15, 0.2) is 0 Å². The molecule has 172 valence electrons. The number of rotatable bonds is 8. The minimum Gasteiger partial charge on any atom is -0.481 e. The molecule has 1 aromatic heterocycles. The van der Waals surface area contributed by atoms with E-state index in [1.165, 1.54) is 0 Å². The number of carbonyl (C=O) groups is 2. The minimum absolute atomic E-state index is 0.0121. The summed E-state index contributed by atoms with van der Waals surface area (Å²) in [5, 5.41) is 19.9. The molecule has 1 amide bonds. The quantitative estimate of drug-likeness (QED) is 0.309. The van der Waals surface area contributed by atoms with Crippen molar-refractivity contribution in [1.82, 2.24) is 9.55 Å². The Kier molecular flexibility index (Phi) is 6.44. The van der Waals surface area contributed by atoms with Crippen molar-refractivity contribution in [3.63, 3.8) is 0 Å². The third-order valence-electron chi connectivity index (χ3n) is 6.58. The predicted octanol–water partition coefficient (Wildman–Crippen LogP) is 3.67. The molecular weight excluding hydrogens is 418 g/mol. The van der Waals surface area contributed by atoms with Gasteiger partial charge in [-0.25, -0.2) is 4.98 Å². The number of anilines is 1. The summed E-state index contributed by atoms with van der Waals surface area (Å²) in [6.07, 6.45) is 4.44. The highest BCUT2D eigenvalue weighted by Crippen LogP contribution is 2.33. The lowest BCUT2D eigenvalue weighted by molar-refractivity contribution is -0.145. The number of benzene rings is 2. The lowest BCUT2D eigenvalue weighted by Gasteiger charge is -2.18. The summed E-state index contributed by atoms with van der Waals surface area (Å²) in [6.45, 7) is 0. The molecule has 0 spiro atoms. The topological polar surface area (TPSA) is 134 Å². The number of hydrogen-bond acceptors (Lipinski definition) is 4. The van der Waals surface area contributed by atoms with Crippen LogP contribution in [0.1, 0.15) is 49.1 Å². The van der Waals surface area contributed by atoms with Gasteiger partial charge in [0.25, 0.3) is 0 Å². The van der Waals surface area contributed by atoms with Gasteiger partial charge in [-0.2, -0.15) is 0 Å². The van der Waals surface area contributed by atoms with E-state index < -0.39 is 11.9 Å². The summed E-state index contributed by atoms with van der Waals surface area (Å²) in [4.78, 5) is 29.0. The Morgan fingerprint density at radius 3 is 2.55 bits per heavy atom. The van der Waals surface area contributed by atoms with E-state index in [1.54, 1.807) is 0 Å². The van der Waals surface area contributed by atoms with Crippen molar-refractivity contribution < 1.29 is 14.7 Å². The van der Waals surface area contributed by atoms with Gasteiger partial charge in [0.2, 0.25) is 5.91 Å². The number of nitrogen functional groups attached to an aromatic ring is 1. The molecule has 0 aliphatic heterocycles. The molecule has 1 atom stereocenters. The molecule has 2 aromatic carbocycles. The maximum atomic E-state index is 12.6. The van der Waals surface area contributed by atoms with Gasteiger partial charge < -0.3 is 20.7 Å². The average Bonchev–Trinajstić information content (AvgIpc) is 3.41. The van der Waals surface area contributed by atoms with Gasteiger partial charge in [-0.15, -0.1) is 0 Å². The van der Waals surface area contributed by atoms with Gasteiger partial charge in [0, 0.05) is 31.1 Å². The highest BCUT2D eigenvalue weighted by molar-refractivity contribution is 5.95. The molecule has 3 aromatic rings. The fourth-order valence-electron chi connectivity index (χ4n) is 4.70. The molecule has 5 N–H and O–H groups in total. The Labute approximate surface area is 192 Å². The lowest BCUT2D eigenvalue weighted by Crippen LogP contribution is -2.27. The molecule has 0 radical (unpaired) electrons. The Balaban J connectivity index is 1.47. The number of amidine groups is 1. The van der Waals surface area contributed by atoms with Crippen LogP contribution in [0.5, 0.6) is 0 Å². The fraction of sp³-hybridized carbons (Fsp3) is 0.360. The second kappa shape index (κ2) is 9.44. The standard InChI is InChI=1S/C25H29N5O3/c1-30-21-11-10-18(28-23(31)14-19(25(32)33)16-4-2-3-5-16)13-20(21)29-22(30)12-15-6-8-17(9-7-15)24(26)27/h6-11,13,16,19H,2-5,12,14H2,1H3,(H3,26,27)(H,28,31)(H,32,33). The van der Waals surface area contributed by atoms with Gasteiger partial charge in [0.05, 0.1) is 17.0 Å². The number of nitrogens with zero attached hydrogens (tertiary/aromatic N) is 2. The van der Waals surface area contributed by atoms with Crippen LogP contribution in [0, 0.1) is 17.2 Å². The van der Waals surface area contributed by atoms with Crippen molar-refractivity contribution >= 4 is 34.4 Å². The Morgan fingerprint density at radius 1 is 1.21 bits per heavy atom. The number of imidazole rings is 1. The molecule has 1 fully saturated rings. The van der Waals surface area contributed by atoms with E-state index in [-0.39, 0.29) is 24.1 Å². The summed E-state index contributed by atoms with van der Waals surface area (Å²) >= 11 is 0. The van der Waals surface area contributed by atoms with Crippen molar-refractivity contribution in [3.8, 4) is 0 Å². The summed E-state index contributed by atoms with van der Waals surface area (Å²) in [7, 11) is 1.95. The lowest BCUT2D eigenvalue weighted by atomic mass is 9.88. The first-order chi connectivity index (χ1) is 15.8. The molecule has 0 bridgehead atoms. The van der Waals surface area contributed by atoms with Gasteiger partial charge in [0.1, 0.15) is 11.7 Å². The van der Waals surface area contributed by atoms with Gasteiger partial charge in [-0.1, -0.05) is 37.1 Å². The summed E-state index contributed by atoms with van der Waals surface area (Å²) < 4.78 is 2.01. The largest absolute Gasteiger partial charge is 0.481 e. The minimum atomic E-state index is -0.891. The first-order valence-electron chi connectivity index (χ1n) is 11.2. The van der Waals surface area contributed by atoms with Crippen LogP contribution in [-0.2, 0) is 23.1 Å². The summed E-state index contributed by atoms with van der Waals surface area (Å²) in [6, 6.07) is 13.1. The third kappa shape index (κ3) is 5.05. The number of nitrogens with two attached hydrogens (primary N) is 1. The summed E-state index contributed by atoms with van der Waals surface area (Å²) in [5.41, 5.74) is 9.57. The van der Waals surface area contributed by atoms with Crippen molar-refractivity contribution in [2.24, 2.45) is 24.6 Å². The van der Waals surface area contributed by atoms with Crippen molar-refractivity contribution in [3.05, 3.63) is 59.4 Å². The number of aliphatic carboxylic acids is 1. The second-order valence-corrected chi connectivity index (χ2v) is 8.82. The number of fused-ring (bicyclic) bond motifs is 1.